The van der Waals surface area contributed by atoms with E-state index in [1.165, 1.54) is 0 Å². The van der Waals surface area contributed by atoms with Gasteiger partial charge in [0.15, 0.2) is 0 Å². The lowest BCUT2D eigenvalue weighted by molar-refractivity contribution is -0.127. The SMILES string of the molecule is CCCC1(C(=O)Nc2ccc(C#N)cc2Cl)CCNCC1. The highest BCUT2D eigenvalue weighted by Crippen LogP contribution is 2.36. The highest BCUT2D eigenvalue weighted by Gasteiger charge is 2.38. The standard InChI is InChI=1S/C16H20ClN3O/c1-2-5-16(6-8-19-9-7-16)15(21)20-14-4-3-12(11-18)10-13(14)17/h3-4,10,19H,2,5-9H2,1H3,(H,20,21). The van der Waals surface area contributed by atoms with E-state index in [4.69, 9.17) is 16.9 Å². The third kappa shape index (κ3) is 3.55. The van der Waals surface area contributed by atoms with Crippen molar-refractivity contribution >= 4 is 23.2 Å². The molecule has 0 radical (unpaired) electrons. The fraction of sp³-hybridized carbons (Fsp3) is 0.500. The predicted molar refractivity (Wildman–Crippen MR) is 84.2 cm³/mol. The number of carbonyl (C=O) groups is 1. The van der Waals surface area contributed by atoms with Crippen LogP contribution < -0.4 is 10.6 Å². The zero-order valence-corrected chi connectivity index (χ0v) is 13.0. The number of halogens is 1. The molecular weight excluding hydrogens is 286 g/mol. The van der Waals surface area contributed by atoms with Gasteiger partial charge in [0.25, 0.3) is 0 Å². The number of nitrogens with one attached hydrogen (secondary N) is 2. The van der Waals surface area contributed by atoms with E-state index in [2.05, 4.69) is 17.6 Å². The van der Waals surface area contributed by atoms with Crippen molar-refractivity contribution < 1.29 is 4.79 Å². The molecule has 0 aromatic heterocycles. The topological polar surface area (TPSA) is 64.9 Å². The van der Waals surface area contributed by atoms with Crippen LogP contribution in [0.1, 0.15) is 38.2 Å². The van der Waals surface area contributed by atoms with E-state index in [1.807, 2.05) is 6.07 Å². The number of nitriles is 1. The summed E-state index contributed by atoms with van der Waals surface area (Å²) in [6, 6.07) is 6.97. The van der Waals surface area contributed by atoms with E-state index < -0.39 is 0 Å². The number of hydrogen-bond acceptors (Lipinski definition) is 3. The first-order chi connectivity index (χ1) is 10.1. The van der Waals surface area contributed by atoms with Gasteiger partial charge >= 0.3 is 0 Å². The number of anilines is 1. The molecule has 21 heavy (non-hydrogen) atoms. The van der Waals surface area contributed by atoms with Gasteiger partial charge in [-0.3, -0.25) is 4.79 Å². The Hall–Kier alpha value is -1.57. The molecule has 112 valence electrons. The average Bonchev–Trinajstić information content (AvgIpc) is 2.50. The van der Waals surface area contributed by atoms with E-state index in [0.29, 0.717) is 16.3 Å². The first-order valence-corrected chi connectivity index (χ1v) is 7.71. The van der Waals surface area contributed by atoms with Crippen molar-refractivity contribution in [1.29, 1.82) is 5.26 Å². The minimum atomic E-state index is -0.308. The number of carbonyl (C=O) groups excluding carboxylic acids is 1. The van der Waals surface area contributed by atoms with Crippen molar-refractivity contribution in [3.05, 3.63) is 28.8 Å². The zero-order valence-electron chi connectivity index (χ0n) is 12.2. The van der Waals surface area contributed by atoms with Gasteiger partial charge in [0.1, 0.15) is 0 Å². The molecule has 1 fully saturated rings. The van der Waals surface area contributed by atoms with Gasteiger partial charge in [0.2, 0.25) is 5.91 Å². The Balaban J connectivity index is 2.17. The van der Waals surface area contributed by atoms with Gasteiger partial charge in [0.05, 0.1) is 27.8 Å². The second-order valence-electron chi connectivity index (χ2n) is 5.54. The zero-order chi connectivity index (χ0) is 15.3. The number of rotatable bonds is 4. The van der Waals surface area contributed by atoms with Crippen LogP contribution in [0.5, 0.6) is 0 Å². The largest absolute Gasteiger partial charge is 0.324 e. The van der Waals surface area contributed by atoms with Crippen LogP contribution in [0, 0.1) is 16.7 Å². The number of benzene rings is 1. The van der Waals surface area contributed by atoms with Crippen LogP contribution in [-0.2, 0) is 4.79 Å². The summed E-state index contributed by atoms with van der Waals surface area (Å²) in [7, 11) is 0. The van der Waals surface area contributed by atoms with Gasteiger partial charge in [-0.15, -0.1) is 0 Å². The van der Waals surface area contributed by atoms with Crippen LogP contribution in [0.3, 0.4) is 0 Å². The quantitative estimate of drug-likeness (QED) is 0.897. The summed E-state index contributed by atoms with van der Waals surface area (Å²) in [4.78, 5) is 12.7. The number of hydrogen-bond donors (Lipinski definition) is 2. The number of piperidine rings is 1. The molecule has 0 bridgehead atoms. The normalized spacial score (nSPS) is 17.0. The first-order valence-electron chi connectivity index (χ1n) is 7.33. The Bertz CT molecular complexity index is 554. The van der Waals surface area contributed by atoms with Gasteiger partial charge in [-0.25, -0.2) is 0 Å². The smallest absolute Gasteiger partial charge is 0.230 e. The summed E-state index contributed by atoms with van der Waals surface area (Å²) < 4.78 is 0. The molecule has 2 N–H and O–H groups in total. The highest BCUT2D eigenvalue weighted by molar-refractivity contribution is 6.33. The summed E-state index contributed by atoms with van der Waals surface area (Å²) in [5.74, 6) is 0.0393. The average molecular weight is 306 g/mol. The third-order valence-electron chi connectivity index (χ3n) is 4.12. The first kappa shape index (κ1) is 15.8. The third-order valence-corrected chi connectivity index (χ3v) is 4.43. The number of nitrogens with zero attached hydrogens (tertiary/aromatic N) is 1. The molecule has 1 aromatic carbocycles. The minimum Gasteiger partial charge on any atom is -0.324 e. The van der Waals surface area contributed by atoms with E-state index >= 15 is 0 Å². The lowest BCUT2D eigenvalue weighted by atomic mass is 9.74. The van der Waals surface area contributed by atoms with Crippen molar-refractivity contribution in [2.45, 2.75) is 32.6 Å². The fourth-order valence-electron chi connectivity index (χ4n) is 2.92. The van der Waals surface area contributed by atoms with Gasteiger partial charge < -0.3 is 10.6 Å². The van der Waals surface area contributed by atoms with Crippen molar-refractivity contribution in [2.24, 2.45) is 5.41 Å². The molecule has 0 aliphatic carbocycles. The summed E-state index contributed by atoms with van der Waals surface area (Å²) in [5, 5.41) is 15.5. The molecule has 0 atom stereocenters. The van der Waals surface area contributed by atoms with Gasteiger partial charge in [-0.2, -0.15) is 5.26 Å². The molecular formula is C16H20ClN3O. The highest BCUT2D eigenvalue weighted by atomic mass is 35.5. The van der Waals surface area contributed by atoms with Gasteiger partial charge in [-0.1, -0.05) is 24.9 Å². The summed E-state index contributed by atoms with van der Waals surface area (Å²) in [6.07, 6.45) is 3.56. The van der Waals surface area contributed by atoms with Crippen molar-refractivity contribution in [3.63, 3.8) is 0 Å². The second-order valence-corrected chi connectivity index (χ2v) is 5.95. The van der Waals surface area contributed by atoms with E-state index in [9.17, 15) is 4.79 Å². The van der Waals surface area contributed by atoms with Crippen molar-refractivity contribution in [3.8, 4) is 6.07 Å². The molecule has 0 saturated carbocycles. The predicted octanol–water partition coefficient (Wildman–Crippen LogP) is 3.32. The van der Waals surface area contributed by atoms with Crippen LogP contribution in [0.25, 0.3) is 0 Å². The maximum Gasteiger partial charge on any atom is 0.230 e. The Morgan fingerprint density at radius 3 is 2.76 bits per heavy atom. The lowest BCUT2D eigenvalue weighted by Crippen LogP contribution is -2.44. The fourth-order valence-corrected chi connectivity index (χ4v) is 3.14. The van der Waals surface area contributed by atoms with Gasteiger partial charge in [-0.05, 0) is 50.6 Å². The maximum absolute atomic E-state index is 12.7. The second kappa shape index (κ2) is 6.93. The summed E-state index contributed by atoms with van der Waals surface area (Å²) in [6.45, 7) is 3.84. The number of amides is 1. The van der Waals surface area contributed by atoms with Crippen LogP contribution in [-0.4, -0.2) is 19.0 Å². The molecule has 1 heterocycles. The molecule has 0 spiro atoms. The monoisotopic (exact) mass is 305 g/mol. The Morgan fingerprint density at radius 2 is 2.19 bits per heavy atom. The molecule has 1 saturated heterocycles. The Morgan fingerprint density at radius 1 is 1.48 bits per heavy atom. The molecule has 1 amide bonds. The molecule has 4 nitrogen and oxygen atoms in total. The van der Waals surface area contributed by atoms with Crippen molar-refractivity contribution in [1.82, 2.24) is 5.32 Å². The lowest BCUT2D eigenvalue weighted by Gasteiger charge is -2.36. The van der Waals surface area contributed by atoms with Crippen LogP contribution in [0.4, 0.5) is 5.69 Å². The molecule has 1 aliphatic rings. The molecule has 1 aliphatic heterocycles. The van der Waals surface area contributed by atoms with Crippen molar-refractivity contribution in [2.75, 3.05) is 18.4 Å². The summed E-state index contributed by atoms with van der Waals surface area (Å²) in [5.41, 5.74) is 0.759. The Labute approximate surface area is 130 Å². The molecule has 2 rings (SSSR count). The van der Waals surface area contributed by atoms with Crippen LogP contribution >= 0.6 is 11.6 Å². The van der Waals surface area contributed by atoms with Crippen LogP contribution in [0.15, 0.2) is 18.2 Å². The summed E-state index contributed by atoms with van der Waals surface area (Å²) >= 11 is 6.14. The molecule has 5 heteroatoms. The minimum absolute atomic E-state index is 0.0393. The van der Waals surface area contributed by atoms with E-state index in [0.717, 1.165) is 38.8 Å². The van der Waals surface area contributed by atoms with Gasteiger partial charge in [0, 0.05) is 0 Å². The van der Waals surface area contributed by atoms with E-state index in [-0.39, 0.29) is 11.3 Å². The maximum atomic E-state index is 12.7. The molecule has 0 unspecified atom stereocenters. The van der Waals surface area contributed by atoms with E-state index in [1.54, 1.807) is 18.2 Å². The van der Waals surface area contributed by atoms with Crippen LogP contribution in [0.2, 0.25) is 5.02 Å². The Kier molecular flexibility index (Phi) is 5.22. The molecule has 1 aromatic rings.